The van der Waals surface area contributed by atoms with Crippen LogP contribution in [-0.2, 0) is 4.79 Å². The number of nitrogens with zero attached hydrogens (tertiary/aromatic N) is 1. The van der Waals surface area contributed by atoms with Gasteiger partial charge >= 0.3 is 0 Å². The van der Waals surface area contributed by atoms with E-state index < -0.39 is 0 Å². The van der Waals surface area contributed by atoms with Crippen LogP contribution in [0.1, 0.15) is 24.5 Å². The lowest BCUT2D eigenvalue weighted by Crippen LogP contribution is -2.36. The van der Waals surface area contributed by atoms with Crippen molar-refractivity contribution in [2.45, 2.75) is 18.8 Å². The average Bonchev–Trinajstić information content (AvgIpc) is 2.90. The minimum absolute atomic E-state index is 0.0510. The summed E-state index contributed by atoms with van der Waals surface area (Å²) in [5.74, 6) is 0.580. The molecule has 3 nitrogen and oxygen atoms in total. The topological polar surface area (TPSA) is 36.1 Å². The number of para-hydroxylation sites is 1. The highest BCUT2D eigenvalue weighted by molar-refractivity contribution is 5.87. The number of carbonyl (C=O) groups is 1. The molecule has 1 aliphatic heterocycles. The number of hydrogen-bond donors (Lipinski definition) is 1. The molecular weight excluding hydrogens is 236 g/mol. The molecule has 19 heavy (non-hydrogen) atoms. The van der Waals surface area contributed by atoms with Crippen LogP contribution in [0.4, 0.5) is 0 Å². The highest BCUT2D eigenvalue weighted by Gasteiger charge is 2.23. The van der Waals surface area contributed by atoms with Crippen LogP contribution in [-0.4, -0.2) is 28.9 Å². The molecule has 98 valence electrons. The summed E-state index contributed by atoms with van der Waals surface area (Å²) in [7, 11) is 0. The van der Waals surface area contributed by atoms with E-state index in [9.17, 15) is 4.79 Å². The monoisotopic (exact) mass is 254 g/mol. The van der Waals surface area contributed by atoms with Crippen molar-refractivity contribution in [1.82, 2.24) is 9.88 Å². The second-order valence-corrected chi connectivity index (χ2v) is 5.12. The Bertz CT molecular complexity index is 573. The van der Waals surface area contributed by atoms with Gasteiger partial charge in [-0.1, -0.05) is 24.8 Å². The normalized spacial score (nSPS) is 16.7. The molecule has 3 heteroatoms. The van der Waals surface area contributed by atoms with Crippen molar-refractivity contribution in [3.05, 3.63) is 48.7 Å². The SMILES string of the molecule is C=CC(=O)N1CCC(c2cc3ccccc3[nH]2)CC1. The molecule has 1 N–H and O–H groups in total. The third kappa shape index (κ3) is 2.28. The van der Waals surface area contributed by atoms with Gasteiger partial charge in [0.25, 0.3) is 0 Å². The number of aromatic amines is 1. The zero-order valence-corrected chi connectivity index (χ0v) is 10.9. The number of hydrogen-bond acceptors (Lipinski definition) is 1. The van der Waals surface area contributed by atoms with Gasteiger partial charge in [0.1, 0.15) is 0 Å². The number of likely N-dealkylation sites (tertiary alicyclic amines) is 1. The molecule has 1 saturated heterocycles. The lowest BCUT2D eigenvalue weighted by atomic mass is 9.93. The molecule has 0 atom stereocenters. The molecular formula is C16H18N2O. The van der Waals surface area contributed by atoms with E-state index >= 15 is 0 Å². The van der Waals surface area contributed by atoms with Gasteiger partial charge in [-0.3, -0.25) is 4.79 Å². The van der Waals surface area contributed by atoms with E-state index in [1.54, 1.807) is 0 Å². The number of nitrogens with one attached hydrogen (secondary N) is 1. The fourth-order valence-electron chi connectivity index (χ4n) is 2.86. The third-order valence-electron chi connectivity index (χ3n) is 3.97. The molecule has 0 aliphatic carbocycles. The molecule has 2 heterocycles. The largest absolute Gasteiger partial charge is 0.358 e. The molecule has 0 spiro atoms. The zero-order chi connectivity index (χ0) is 13.2. The van der Waals surface area contributed by atoms with Crippen LogP contribution in [0.5, 0.6) is 0 Å². The van der Waals surface area contributed by atoms with Crippen molar-refractivity contribution >= 4 is 16.8 Å². The van der Waals surface area contributed by atoms with Crippen molar-refractivity contribution in [3.8, 4) is 0 Å². The second kappa shape index (κ2) is 4.92. The van der Waals surface area contributed by atoms with E-state index in [0.717, 1.165) is 25.9 Å². The Kier molecular flexibility index (Phi) is 3.11. The second-order valence-electron chi connectivity index (χ2n) is 5.12. The summed E-state index contributed by atoms with van der Waals surface area (Å²) in [4.78, 5) is 16.9. The van der Waals surface area contributed by atoms with E-state index in [4.69, 9.17) is 0 Å². The number of fused-ring (bicyclic) bond motifs is 1. The maximum atomic E-state index is 11.6. The average molecular weight is 254 g/mol. The lowest BCUT2D eigenvalue weighted by molar-refractivity contribution is -0.127. The van der Waals surface area contributed by atoms with E-state index in [-0.39, 0.29) is 5.91 Å². The summed E-state index contributed by atoms with van der Waals surface area (Å²) < 4.78 is 0. The van der Waals surface area contributed by atoms with Gasteiger partial charge in [-0.25, -0.2) is 0 Å². The van der Waals surface area contributed by atoms with Crippen LogP contribution in [0.15, 0.2) is 43.0 Å². The summed E-state index contributed by atoms with van der Waals surface area (Å²) in [6, 6.07) is 10.6. The van der Waals surface area contributed by atoms with Gasteiger partial charge in [-0.15, -0.1) is 0 Å². The Morgan fingerprint density at radius 2 is 2.05 bits per heavy atom. The number of piperidine rings is 1. The van der Waals surface area contributed by atoms with E-state index in [1.807, 2.05) is 11.0 Å². The van der Waals surface area contributed by atoms with Crippen LogP contribution in [0, 0.1) is 0 Å². The van der Waals surface area contributed by atoms with Crippen LogP contribution < -0.4 is 0 Å². The number of H-pyrrole nitrogens is 1. The quantitative estimate of drug-likeness (QED) is 0.821. The third-order valence-corrected chi connectivity index (χ3v) is 3.97. The van der Waals surface area contributed by atoms with Crippen LogP contribution >= 0.6 is 0 Å². The van der Waals surface area contributed by atoms with Crippen molar-refractivity contribution < 1.29 is 4.79 Å². The van der Waals surface area contributed by atoms with Gasteiger partial charge < -0.3 is 9.88 Å². The Hall–Kier alpha value is -2.03. The molecule has 2 aromatic rings. The fraction of sp³-hybridized carbons (Fsp3) is 0.312. The van der Waals surface area contributed by atoms with E-state index in [2.05, 4.69) is 35.8 Å². The van der Waals surface area contributed by atoms with Gasteiger partial charge in [-0.2, -0.15) is 0 Å². The first-order valence-electron chi connectivity index (χ1n) is 6.77. The van der Waals surface area contributed by atoms with Gasteiger partial charge in [0.2, 0.25) is 5.91 Å². The minimum atomic E-state index is 0.0510. The highest BCUT2D eigenvalue weighted by Crippen LogP contribution is 2.29. The lowest BCUT2D eigenvalue weighted by Gasteiger charge is -2.30. The molecule has 0 radical (unpaired) electrons. The van der Waals surface area contributed by atoms with Crippen molar-refractivity contribution in [2.24, 2.45) is 0 Å². The van der Waals surface area contributed by atoms with Crippen LogP contribution in [0.2, 0.25) is 0 Å². The minimum Gasteiger partial charge on any atom is -0.358 e. The molecule has 1 aromatic carbocycles. The molecule has 1 aromatic heterocycles. The summed E-state index contributed by atoms with van der Waals surface area (Å²) >= 11 is 0. The smallest absolute Gasteiger partial charge is 0.245 e. The van der Waals surface area contributed by atoms with Crippen molar-refractivity contribution in [1.29, 1.82) is 0 Å². The molecule has 3 rings (SSSR count). The van der Waals surface area contributed by atoms with Gasteiger partial charge in [0.15, 0.2) is 0 Å². The zero-order valence-electron chi connectivity index (χ0n) is 10.9. The first kappa shape index (κ1) is 12.0. The van der Waals surface area contributed by atoms with Crippen molar-refractivity contribution in [3.63, 3.8) is 0 Å². The number of rotatable bonds is 2. The molecule has 0 unspecified atom stereocenters. The van der Waals surface area contributed by atoms with Gasteiger partial charge in [-0.05, 0) is 36.4 Å². The number of benzene rings is 1. The van der Waals surface area contributed by atoms with Crippen molar-refractivity contribution in [2.75, 3.05) is 13.1 Å². The van der Waals surface area contributed by atoms with E-state index in [1.165, 1.54) is 22.7 Å². The maximum absolute atomic E-state index is 11.6. The summed E-state index contributed by atoms with van der Waals surface area (Å²) in [6.45, 7) is 5.19. The predicted molar refractivity (Wildman–Crippen MR) is 77.1 cm³/mol. The Morgan fingerprint density at radius 1 is 1.32 bits per heavy atom. The first-order valence-corrected chi connectivity index (χ1v) is 6.77. The molecule has 0 bridgehead atoms. The molecule has 1 amide bonds. The van der Waals surface area contributed by atoms with Crippen LogP contribution in [0.25, 0.3) is 10.9 Å². The molecule has 0 saturated carbocycles. The predicted octanol–water partition coefficient (Wildman–Crippen LogP) is 3.06. The summed E-state index contributed by atoms with van der Waals surface area (Å²) in [5, 5.41) is 1.27. The maximum Gasteiger partial charge on any atom is 0.245 e. The summed E-state index contributed by atoms with van der Waals surface area (Å²) in [5.41, 5.74) is 2.49. The Balaban J connectivity index is 1.74. The Labute approximate surface area is 112 Å². The first-order chi connectivity index (χ1) is 9.28. The number of carbonyl (C=O) groups excluding carboxylic acids is 1. The van der Waals surface area contributed by atoms with Gasteiger partial charge in [0.05, 0.1) is 0 Å². The van der Waals surface area contributed by atoms with Gasteiger partial charge in [0, 0.05) is 30.2 Å². The van der Waals surface area contributed by atoms with Crippen LogP contribution in [0.3, 0.4) is 0 Å². The fourth-order valence-corrected chi connectivity index (χ4v) is 2.86. The molecule has 1 aliphatic rings. The highest BCUT2D eigenvalue weighted by atomic mass is 16.2. The van der Waals surface area contributed by atoms with E-state index in [0.29, 0.717) is 5.92 Å². The standard InChI is InChI=1S/C16H18N2O/c1-2-16(19)18-9-7-12(8-10-18)15-11-13-5-3-4-6-14(13)17-15/h2-6,11-12,17H,1,7-10H2. The Morgan fingerprint density at radius 3 is 2.74 bits per heavy atom. The summed E-state index contributed by atoms with van der Waals surface area (Å²) in [6.07, 6.45) is 3.45. The molecule has 1 fully saturated rings. The number of aromatic nitrogens is 1. The number of amides is 1.